The minimum Gasteiger partial charge on any atom is -0.329 e. The predicted molar refractivity (Wildman–Crippen MR) is 55.6 cm³/mol. The predicted octanol–water partition coefficient (Wildman–Crippen LogP) is 2.02. The van der Waals surface area contributed by atoms with Gasteiger partial charge in [0.1, 0.15) is 0 Å². The van der Waals surface area contributed by atoms with E-state index in [-0.39, 0.29) is 0 Å². The first kappa shape index (κ1) is 9.13. The van der Waals surface area contributed by atoms with E-state index in [1.54, 1.807) is 0 Å². The normalized spacial score (nSPS) is 23.0. The van der Waals surface area contributed by atoms with Crippen molar-refractivity contribution in [2.45, 2.75) is 26.2 Å². The zero-order chi connectivity index (χ0) is 9.26. The molecule has 1 aliphatic heterocycles. The van der Waals surface area contributed by atoms with Crippen LogP contribution in [-0.4, -0.2) is 29.0 Å². The summed E-state index contributed by atoms with van der Waals surface area (Å²) in [5, 5.41) is 0. The van der Waals surface area contributed by atoms with Gasteiger partial charge in [0, 0.05) is 17.9 Å². The van der Waals surface area contributed by atoms with Crippen molar-refractivity contribution in [3.05, 3.63) is 11.1 Å². The molecule has 2 rings (SSSR count). The second-order valence-corrected chi connectivity index (χ2v) is 4.79. The largest absolute Gasteiger partial charge is 0.329 e. The van der Waals surface area contributed by atoms with Crippen molar-refractivity contribution in [1.29, 1.82) is 0 Å². The van der Waals surface area contributed by atoms with Crippen LogP contribution in [0.5, 0.6) is 0 Å². The second kappa shape index (κ2) is 3.74. The molecule has 0 N–H and O–H groups in total. The molecule has 0 spiro atoms. The molecule has 1 amide bonds. The van der Waals surface area contributed by atoms with Gasteiger partial charge in [-0.3, -0.25) is 4.79 Å². The van der Waals surface area contributed by atoms with Gasteiger partial charge < -0.3 is 4.90 Å². The zero-order valence-electron chi connectivity index (χ0n) is 8.01. The Hall–Kier alpha value is -0.440. The first-order valence-corrected chi connectivity index (χ1v) is 6.00. The third-order valence-electron chi connectivity index (χ3n) is 2.79. The summed E-state index contributed by atoms with van der Waals surface area (Å²) in [5.74, 6) is 2.31. The Bertz CT molecular complexity index is 254. The van der Waals surface area contributed by atoms with Crippen LogP contribution in [0.3, 0.4) is 0 Å². The number of carbonyl (C=O) groups is 1. The molecule has 72 valence electrons. The van der Waals surface area contributed by atoms with Crippen LogP contribution < -0.4 is 0 Å². The van der Waals surface area contributed by atoms with Crippen LogP contribution in [-0.2, 0) is 4.79 Å². The second-order valence-electron chi connectivity index (χ2n) is 3.72. The van der Waals surface area contributed by atoms with Gasteiger partial charge in [0.05, 0.1) is 5.88 Å². The number of rotatable bonds is 1. The van der Waals surface area contributed by atoms with Gasteiger partial charge in [-0.1, -0.05) is 5.57 Å². The van der Waals surface area contributed by atoms with E-state index in [1.807, 2.05) is 16.7 Å². The molecule has 1 heterocycles. The summed E-state index contributed by atoms with van der Waals surface area (Å²) >= 11 is 1.85. The smallest absolute Gasteiger partial charge is 0.250 e. The fourth-order valence-corrected chi connectivity index (χ4v) is 2.89. The summed E-state index contributed by atoms with van der Waals surface area (Å²) in [4.78, 5) is 13.9. The van der Waals surface area contributed by atoms with Crippen molar-refractivity contribution in [2.75, 3.05) is 18.2 Å². The van der Waals surface area contributed by atoms with Crippen LogP contribution in [0.25, 0.3) is 0 Å². The van der Waals surface area contributed by atoms with E-state index in [2.05, 4.69) is 6.92 Å². The standard InChI is InChI=1S/C10H15NOS/c1-8-3-2-4-9(8)10(12)11-5-6-13-7-11/h2-7H2,1H3. The van der Waals surface area contributed by atoms with Crippen LogP contribution >= 0.6 is 11.8 Å². The van der Waals surface area contributed by atoms with Crippen molar-refractivity contribution < 1.29 is 4.79 Å². The highest BCUT2D eigenvalue weighted by Crippen LogP contribution is 2.28. The summed E-state index contributed by atoms with van der Waals surface area (Å²) in [5.41, 5.74) is 2.42. The monoisotopic (exact) mass is 197 g/mol. The van der Waals surface area contributed by atoms with E-state index in [0.717, 1.165) is 36.6 Å². The average Bonchev–Trinajstić information content (AvgIpc) is 2.72. The van der Waals surface area contributed by atoms with E-state index in [9.17, 15) is 4.79 Å². The highest BCUT2D eigenvalue weighted by atomic mass is 32.2. The summed E-state index contributed by atoms with van der Waals surface area (Å²) in [6, 6.07) is 0. The number of amides is 1. The molecule has 2 nitrogen and oxygen atoms in total. The number of hydrogen-bond acceptors (Lipinski definition) is 2. The molecule has 0 atom stereocenters. The minimum absolute atomic E-state index is 0.306. The van der Waals surface area contributed by atoms with Crippen LogP contribution in [0, 0.1) is 0 Å². The Kier molecular flexibility index (Phi) is 2.63. The van der Waals surface area contributed by atoms with Gasteiger partial charge in [0.15, 0.2) is 0 Å². The van der Waals surface area contributed by atoms with E-state index in [0.29, 0.717) is 5.91 Å². The van der Waals surface area contributed by atoms with Crippen molar-refractivity contribution in [2.24, 2.45) is 0 Å². The molecule has 0 aromatic carbocycles. The van der Waals surface area contributed by atoms with E-state index >= 15 is 0 Å². The van der Waals surface area contributed by atoms with Gasteiger partial charge >= 0.3 is 0 Å². The van der Waals surface area contributed by atoms with Crippen molar-refractivity contribution >= 4 is 17.7 Å². The van der Waals surface area contributed by atoms with Crippen molar-refractivity contribution in [3.63, 3.8) is 0 Å². The third-order valence-corrected chi connectivity index (χ3v) is 3.76. The van der Waals surface area contributed by atoms with Crippen LogP contribution in [0.1, 0.15) is 26.2 Å². The van der Waals surface area contributed by atoms with E-state index in [4.69, 9.17) is 0 Å². The molecule has 2 aliphatic rings. The minimum atomic E-state index is 0.306. The van der Waals surface area contributed by atoms with Crippen LogP contribution in [0.4, 0.5) is 0 Å². The van der Waals surface area contributed by atoms with Gasteiger partial charge in [-0.15, -0.1) is 11.8 Å². The van der Waals surface area contributed by atoms with E-state index < -0.39 is 0 Å². The Labute approximate surface area is 83.4 Å². The molecule has 13 heavy (non-hydrogen) atoms. The Morgan fingerprint density at radius 3 is 2.85 bits per heavy atom. The lowest BCUT2D eigenvalue weighted by atomic mass is 10.1. The molecular formula is C10H15NOS. The SMILES string of the molecule is CC1=C(C(=O)N2CCSC2)CCC1. The van der Waals surface area contributed by atoms with Crippen molar-refractivity contribution in [1.82, 2.24) is 4.90 Å². The Morgan fingerprint density at radius 2 is 2.31 bits per heavy atom. The first-order valence-electron chi connectivity index (χ1n) is 4.84. The van der Waals surface area contributed by atoms with Crippen molar-refractivity contribution in [3.8, 4) is 0 Å². The topological polar surface area (TPSA) is 20.3 Å². The molecule has 1 fully saturated rings. The van der Waals surface area contributed by atoms with Gasteiger partial charge in [0.2, 0.25) is 5.91 Å². The molecule has 3 heteroatoms. The molecular weight excluding hydrogens is 182 g/mol. The van der Waals surface area contributed by atoms with Gasteiger partial charge in [-0.2, -0.15) is 0 Å². The number of allylic oxidation sites excluding steroid dienone is 1. The lowest BCUT2D eigenvalue weighted by molar-refractivity contribution is -0.125. The van der Waals surface area contributed by atoms with E-state index in [1.165, 1.54) is 12.0 Å². The molecule has 0 aromatic heterocycles. The summed E-state index contributed by atoms with van der Waals surface area (Å²) in [6.45, 7) is 3.05. The average molecular weight is 197 g/mol. The maximum atomic E-state index is 11.9. The first-order chi connectivity index (χ1) is 6.29. The Morgan fingerprint density at radius 1 is 1.46 bits per heavy atom. The molecule has 1 saturated heterocycles. The third kappa shape index (κ3) is 1.75. The number of nitrogens with zero attached hydrogens (tertiary/aromatic N) is 1. The highest BCUT2D eigenvalue weighted by molar-refractivity contribution is 7.99. The molecule has 0 saturated carbocycles. The molecule has 0 radical (unpaired) electrons. The lowest BCUT2D eigenvalue weighted by Gasteiger charge is -2.15. The van der Waals surface area contributed by atoms with Gasteiger partial charge in [-0.05, 0) is 26.2 Å². The van der Waals surface area contributed by atoms with Crippen LogP contribution in [0.15, 0.2) is 11.1 Å². The number of thioether (sulfide) groups is 1. The maximum absolute atomic E-state index is 11.9. The highest BCUT2D eigenvalue weighted by Gasteiger charge is 2.25. The number of carbonyl (C=O) groups excluding carboxylic acids is 1. The molecule has 0 unspecified atom stereocenters. The van der Waals surface area contributed by atoms with Crippen LogP contribution in [0.2, 0.25) is 0 Å². The fraction of sp³-hybridized carbons (Fsp3) is 0.700. The zero-order valence-corrected chi connectivity index (χ0v) is 8.82. The number of hydrogen-bond donors (Lipinski definition) is 0. The molecule has 0 bridgehead atoms. The summed E-state index contributed by atoms with van der Waals surface area (Å²) < 4.78 is 0. The Balaban J connectivity index is 2.07. The summed E-state index contributed by atoms with van der Waals surface area (Å²) in [7, 11) is 0. The summed E-state index contributed by atoms with van der Waals surface area (Å²) in [6.07, 6.45) is 3.31. The van der Waals surface area contributed by atoms with Gasteiger partial charge in [0.25, 0.3) is 0 Å². The molecule has 0 aromatic rings. The lowest BCUT2D eigenvalue weighted by Crippen LogP contribution is -2.29. The van der Waals surface area contributed by atoms with Gasteiger partial charge in [-0.25, -0.2) is 0 Å². The maximum Gasteiger partial charge on any atom is 0.250 e. The molecule has 1 aliphatic carbocycles. The quantitative estimate of drug-likeness (QED) is 0.641. The fourth-order valence-electron chi connectivity index (χ4n) is 1.95.